The molecule has 1 unspecified atom stereocenters. The Balaban J connectivity index is 1.91. The van der Waals surface area contributed by atoms with Gasteiger partial charge in [-0.1, -0.05) is 112 Å². The Bertz CT molecular complexity index is 1720. The topological polar surface area (TPSA) is 309 Å². The molecule has 392 valence electrons. The van der Waals surface area contributed by atoms with Gasteiger partial charge in [-0.05, 0) is 39.5 Å². The molecule has 3 heterocycles. The highest BCUT2D eigenvalue weighted by molar-refractivity contribution is 5.74. The molecule has 0 saturated carbocycles. The number of hydrogen-bond donors (Lipinski definition) is 11. The first-order valence-corrected chi connectivity index (χ1v) is 24.3. The molecule has 0 aliphatic carbocycles. The maximum Gasteiger partial charge on any atom is 0.314 e. The largest absolute Gasteiger partial charge is 0.465 e. The normalized spacial score (nSPS) is 43.5. The van der Waals surface area contributed by atoms with Crippen molar-refractivity contribution >= 4 is 11.9 Å². The van der Waals surface area contributed by atoms with Gasteiger partial charge in [-0.15, -0.1) is 0 Å². The summed E-state index contributed by atoms with van der Waals surface area (Å²) in [5, 5.41) is 109. The van der Waals surface area contributed by atoms with E-state index in [-0.39, 0.29) is 44.6 Å². The van der Waals surface area contributed by atoms with E-state index in [0.717, 1.165) is 6.42 Å². The van der Waals surface area contributed by atoms with Crippen molar-refractivity contribution in [3.63, 3.8) is 0 Å². The third-order valence-electron chi connectivity index (χ3n) is 12.9. The number of carbonyl (C=O) groups excluding carboxylic acids is 2. The van der Waals surface area contributed by atoms with Crippen molar-refractivity contribution < 1.29 is 84.3 Å². The number of carbonyl (C=O) groups is 2. The predicted molar refractivity (Wildman–Crippen MR) is 255 cm³/mol. The van der Waals surface area contributed by atoms with E-state index >= 15 is 0 Å². The monoisotopic (exact) mass is 980 g/mol. The average molecular weight is 980 g/mol. The van der Waals surface area contributed by atoms with Crippen molar-refractivity contribution in [1.82, 2.24) is 0 Å². The maximum atomic E-state index is 13.6. The van der Waals surface area contributed by atoms with E-state index in [1.165, 1.54) is 0 Å². The van der Waals surface area contributed by atoms with E-state index in [1.54, 1.807) is 63.3 Å². The summed E-state index contributed by atoms with van der Waals surface area (Å²) in [6, 6.07) is -1.12. The summed E-state index contributed by atoms with van der Waals surface area (Å²) in [4.78, 5) is 26.2. The molecule has 0 aromatic rings. The van der Waals surface area contributed by atoms with Gasteiger partial charge in [-0.3, -0.25) is 9.59 Å². The smallest absolute Gasteiger partial charge is 0.314 e. The highest BCUT2D eigenvalue weighted by Gasteiger charge is 2.48. The highest BCUT2D eigenvalue weighted by atomic mass is 16.7. The van der Waals surface area contributed by atoms with Gasteiger partial charge in [-0.25, -0.2) is 0 Å². The molecule has 0 spiro atoms. The SMILES string of the molecule is CCCCOC(=O)[C@H]1[C@@H]2C[C@@H](O[C@@H]3O[C@H](C)[C@@H](O)[C@H](N)[C@@H]3O)/C=C/C=C/C=C/C=C/C=C/C=C/C=C\[C@H](C)[C@@H](O)[C@@H](C)[C@H](C)OC(=O)C[C@H](O)C[C@H](O)CC[C@@H](O)[C@H](O)C[C@H](O)[C@@H](O)C(C[C@@H]1O)O2. The molecule has 18 heteroatoms. The Hall–Kier alpha value is -3.44. The van der Waals surface area contributed by atoms with Crippen LogP contribution in [0.5, 0.6) is 0 Å². The molecule has 3 aliphatic heterocycles. The molecule has 0 aromatic heterocycles. The van der Waals surface area contributed by atoms with Gasteiger partial charge in [-0.2, -0.15) is 0 Å². The van der Waals surface area contributed by atoms with Gasteiger partial charge >= 0.3 is 11.9 Å². The number of hydrogen-bond acceptors (Lipinski definition) is 18. The lowest BCUT2D eigenvalue weighted by Crippen LogP contribution is -2.61. The van der Waals surface area contributed by atoms with Crippen LogP contribution in [0.1, 0.15) is 92.4 Å². The van der Waals surface area contributed by atoms with Crippen LogP contribution < -0.4 is 5.73 Å². The molecule has 69 heavy (non-hydrogen) atoms. The van der Waals surface area contributed by atoms with Crippen LogP contribution in [-0.2, 0) is 33.3 Å². The standard InChI is InChI=1S/C51H81NO17/c1-6-7-24-65-50(64)44-39(57)29-42-48(62)40(58)28-38(56)37(55)23-22-34(53)25-35(54)26-43(59)66-32(4)31(3)46(60)30(2)20-18-16-14-12-10-8-9-11-13-15-17-19-21-36(27-41(44)69-42)68-51-49(63)45(52)47(61)33(5)67-51/h8-21,30-42,44-49,51,53-58,60-63H,6-7,22-29,52H2,1-5H3/b9-8+,12-10+,13-11+,16-14+,17-15+,20-18-,21-19+/t30-,31-,32-,33+,34+,35+,36-,37+,38+,39-,40-,41-,42?,44+,45-,46+,47+,48+,49-,51-/m0/s1. The Morgan fingerprint density at radius 1 is 0.623 bits per heavy atom. The molecule has 3 rings (SSSR count). The average Bonchev–Trinajstić information content (AvgIpc) is 3.30. The summed E-state index contributed by atoms with van der Waals surface area (Å²) in [6.07, 6.45) is 3.66. The van der Waals surface area contributed by atoms with Crippen LogP contribution in [0.25, 0.3) is 0 Å². The van der Waals surface area contributed by atoms with Crippen LogP contribution in [0.4, 0.5) is 0 Å². The lowest BCUT2D eigenvalue weighted by atomic mass is 9.83. The number of esters is 2. The molecule has 3 aliphatic rings. The van der Waals surface area contributed by atoms with E-state index in [1.807, 2.05) is 56.4 Å². The Labute approximate surface area is 406 Å². The number of allylic oxidation sites excluding steroid dienone is 12. The number of unbranched alkanes of at least 4 members (excludes halogenated alkanes) is 1. The Morgan fingerprint density at radius 3 is 1.83 bits per heavy atom. The fourth-order valence-corrected chi connectivity index (χ4v) is 8.26. The second-order valence-corrected chi connectivity index (χ2v) is 18.6. The number of rotatable bonds is 6. The van der Waals surface area contributed by atoms with Crippen molar-refractivity contribution in [2.75, 3.05) is 6.61 Å². The zero-order valence-corrected chi connectivity index (χ0v) is 40.6. The Morgan fingerprint density at radius 2 is 1.22 bits per heavy atom. The third kappa shape index (κ3) is 20.3. The summed E-state index contributed by atoms with van der Waals surface area (Å²) in [5.74, 6) is -3.51. The molecular weight excluding hydrogens is 899 g/mol. The van der Waals surface area contributed by atoms with E-state index in [0.29, 0.717) is 6.42 Å². The summed E-state index contributed by atoms with van der Waals surface area (Å²) >= 11 is 0. The summed E-state index contributed by atoms with van der Waals surface area (Å²) in [5.41, 5.74) is 6.09. The van der Waals surface area contributed by atoms with Crippen molar-refractivity contribution in [2.45, 2.75) is 196 Å². The molecule has 0 amide bonds. The van der Waals surface area contributed by atoms with E-state index in [9.17, 15) is 60.7 Å². The zero-order chi connectivity index (χ0) is 51.2. The van der Waals surface area contributed by atoms with E-state index in [2.05, 4.69) is 0 Å². The van der Waals surface area contributed by atoms with Gasteiger partial charge in [0.25, 0.3) is 0 Å². The third-order valence-corrected chi connectivity index (χ3v) is 12.9. The highest BCUT2D eigenvalue weighted by Crippen LogP contribution is 2.34. The van der Waals surface area contributed by atoms with E-state index in [4.69, 9.17) is 29.4 Å². The van der Waals surface area contributed by atoms with Gasteiger partial charge in [0, 0.05) is 31.1 Å². The van der Waals surface area contributed by atoms with Crippen LogP contribution in [0.3, 0.4) is 0 Å². The van der Waals surface area contributed by atoms with Crippen molar-refractivity contribution in [2.24, 2.45) is 23.5 Å². The second-order valence-electron chi connectivity index (χ2n) is 18.6. The number of fused-ring (bicyclic) bond motifs is 2. The predicted octanol–water partition coefficient (Wildman–Crippen LogP) is 1.62. The second kappa shape index (κ2) is 31.1. The van der Waals surface area contributed by atoms with Crippen molar-refractivity contribution in [3.05, 3.63) is 85.1 Å². The minimum atomic E-state index is -1.75. The molecule has 18 nitrogen and oxygen atoms in total. The minimum absolute atomic E-state index is 0.0749. The van der Waals surface area contributed by atoms with Gasteiger partial charge in [0.15, 0.2) is 6.29 Å². The first-order valence-electron chi connectivity index (χ1n) is 24.3. The molecule has 0 aromatic carbocycles. The number of nitrogens with two attached hydrogens (primary N) is 1. The molecule has 12 N–H and O–H groups in total. The number of cyclic esters (lactones) is 1. The van der Waals surface area contributed by atoms with Crippen molar-refractivity contribution in [1.29, 1.82) is 0 Å². The molecule has 2 bridgehead atoms. The van der Waals surface area contributed by atoms with Gasteiger partial charge in [0.2, 0.25) is 0 Å². The molecular formula is C51H81NO17. The lowest BCUT2D eigenvalue weighted by molar-refractivity contribution is -0.280. The van der Waals surface area contributed by atoms with Gasteiger partial charge in [0.1, 0.15) is 24.2 Å². The molecule has 20 atom stereocenters. The summed E-state index contributed by atoms with van der Waals surface area (Å²) < 4.78 is 29.3. The summed E-state index contributed by atoms with van der Waals surface area (Å²) in [7, 11) is 0. The number of aliphatic hydroxyl groups excluding tert-OH is 10. The zero-order valence-electron chi connectivity index (χ0n) is 40.6. The first kappa shape index (κ1) is 59.9. The Kier molecular flexibility index (Phi) is 27.0. The minimum Gasteiger partial charge on any atom is -0.465 e. The van der Waals surface area contributed by atoms with Gasteiger partial charge < -0.3 is 80.5 Å². The van der Waals surface area contributed by atoms with E-state index < -0.39 is 141 Å². The van der Waals surface area contributed by atoms with Crippen molar-refractivity contribution in [3.8, 4) is 0 Å². The van der Waals surface area contributed by atoms with Crippen LogP contribution in [0, 0.1) is 17.8 Å². The fraction of sp³-hybridized carbons (Fsp3) is 0.686. The lowest BCUT2D eigenvalue weighted by Gasteiger charge is -2.43. The maximum absolute atomic E-state index is 13.6. The first-order chi connectivity index (χ1) is 32.7. The van der Waals surface area contributed by atoms with Gasteiger partial charge in [0.05, 0.1) is 92.3 Å². The molecule has 2 saturated heterocycles. The molecule has 0 radical (unpaired) electrons. The number of ether oxygens (including phenoxy) is 5. The number of aliphatic hydroxyl groups is 10. The fourth-order valence-electron chi connectivity index (χ4n) is 8.26. The summed E-state index contributed by atoms with van der Waals surface area (Å²) in [6.45, 7) is 8.79. The van der Waals surface area contributed by atoms with Crippen LogP contribution in [0.2, 0.25) is 0 Å². The quantitative estimate of drug-likeness (QED) is 0.133. The molecule has 2 fully saturated rings. The van der Waals surface area contributed by atoms with Crippen LogP contribution >= 0.6 is 0 Å². The van der Waals surface area contributed by atoms with Crippen LogP contribution in [-0.4, -0.2) is 174 Å². The van der Waals surface area contributed by atoms with Crippen LogP contribution in [0.15, 0.2) is 85.1 Å².